The first kappa shape index (κ1) is 30.4. The van der Waals surface area contributed by atoms with Gasteiger partial charge in [-0.05, 0) is 119 Å². The molecular weight excluding hydrogens is 520 g/mol. The Bertz CT molecular complexity index is 1090. The number of amides is 2. The summed E-state index contributed by atoms with van der Waals surface area (Å²) in [6.45, 7) is 10.5. The molecule has 5 N–H and O–H groups in total. The van der Waals surface area contributed by atoms with Crippen molar-refractivity contribution in [3.8, 4) is 0 Å². The second-order valence-corrected chi connectivity index (χ2v) is 13.2. The number of hydrogen-bond donors (Lipinski definition) is 3. The lowest BCUT2D eigenvalue weighted by molar-refractivity contribution is -0.117. The zero-order valence-electron chi connectivity index (χ0n) is 23.3. The quantitative estimate of drug-likeness (QED) is 0.291. The molecule has 0 atom stereocenters. The van der Waals surface area contributed by atoms with Crippen LogP contribution in [0.1, 0.15) is 86.7 Å². The van der Waals surface area contributed by atoms with E-state index in [1.807, 2.05) is 34.6 Å². The van der Waals surface area contributed by atoms with Gasteiger partial charge in [0.2, 0.25) is 5.91 Å². The van der Waals surface area contributed by atoms with Gasteiger partial charge in [0.25, 0.3) is 0 Å². The van der Waals surface area contributed by atoms with Gasteiger partial charge >= 0.3 is 6.09 Å². The summed E-state index contributed by atoms with van der Waals surface area (Å²) in [5.74, 6) is -0.186. The third-order valence-corrected chi connectivity index (χ3v) is 8.49. The molecule has 2 aromatic rings. The highest BCUT2D eigenvalue weighted by atomic mass is 32.2. The fourth-order valence-corrected chi connectivity index (χ4v) is 6.13. The van der Waals surface area contributed by atoms with Crippen molar-refractivity contribution in [3.05, 3.63) is 45.1 Å². The molecule has 1 heterocycles. The van der Waals surface area contributed by atoms with Crippen molar-refractivity contribution in [2.45, 2.75) is 101 Å². The van der Waals surface area contributed by atoms with Crippen LogP contribution in [0.3, 0.4) is 0 Å². The molecule has 1 aromatic heterocycles. The first-order valence-corrected chi connectivity index (χ1v) is 15.0. The molecule has 0 saturated carbocycles. The van der Waals surface area contributed by atoms with E-state index in [9.17, 15) is 9.59 Å². The van der Waals surface area contributed by atoms with Crippen molar-refractivity contribution < 1.29 is 19.1 Å². The summed E-state index contributed by atoms with van der Waals surface area (Å²) in [6, 6.07) is 2.38. The minimum Gasteiger partial charge on any atom is -0.444 e. The molecule has 10 heteroatoms. The summed E-state index contributed by atoms with van der Waals surface area (Å²) in [5.41, 5.74) is 11.6. The molecule has 8 nitrogen and oxygen atoms in total. The predicted octanol–water partition coefficient (Wildman–Crippen LogP) is 4.97. The Morgan fingerprint density at radius 2 is 1.71 bits per heavy atom. The second-order valence-electron chi connectivity index (χ2n) is 11.2. The van der Waals surface area contributed by atoms with Gasteiger partial charge in [0, 0.05) is 13.2 Å². The normalized spacial score (nSPS) is 14.4. The van der Waals surface area contributed by atoms with Crippen LogP contribution in [0, 0.1) is 0 Å². The van der Waals surface area contributed by atoms with Crippen molar-refractivity contribution in [3.63, 3.8) is 0 Å². The number of nitrogens with one attached hydrogen (secondary N) is 1. The minimum absolute atomic E-state index is 0.186. The lowest BCUT2D eigenvalue weighted by atomic mass is 9.92. The fourth-order valence-electron chi connectivity index (χ4n) is 4.88. The number of hydrogen-bond acceptors (Lipinski definition) is 8. The van der Waals surface area contributed by atoms with Gasteiger partial charge in [0.15, 0.2) is 0 Å². The molecule has 210 valence electrons. The third-order valence-electron chi connectivity index (χ3n) is 6.52. The number of primary amides is 1. The highest BCUT2D eigenvalue weighted by molar-refractivity contribution is 7.99. The summed E-state index contributed by atoms with van der Waals surface area (Å²) in [7, 11) is 0. The maximum absolute atomic E-state index is 11.5. The Kier molecular flexibility index (Phi) is 10.6. The van der Waals surface area contributed by atoms with Gasteiger partial charge in [-0.1, -0.05) is 6.07 Å². The lowest BCUT2D eigenvalue weighted by Gasteiger charge is -2.23. The van der Waals surface area contributed by atoms with Crippen LogP contribution in [0.4, 0.5) is 4.79 Å². The van der Waals surface area contributed by atoms with E-state index in [0.29, 0.717) is 26.0 Å². The maximum Gasteiger partial charge on any atom is 0.407 e. The first-order chi connectivity index (χ1) is 17.9. The maximum atomic E-state index is 11.5. The van der Waals surface area contributed by atoms with Gasteiger partial charge in [-0.25, -0.2) is 9.78 Å². The summed E-state index contributed by atoms with van der Waals surface area (Å²) < 4.78 is 12.0. The van der Waals surface area contributed by atoms with Crippen LogP contribution in [0.25, 0.3) is 0 Å². The number of carbonyl (C=O) groups excluding carboxylic acids is 2. The zero-order chi connectivity index (χ0) is 27.9. The number of fused-ring (bicyclic) bond motifs is 2. The van der Waals surface area contributed by atoms with Crippen LogP contribution in [-0.2, 0) is 52.0 Å². The summed E-state index contributed by atoms with van der Waals surface area (Å²) in [4.78, 5) is 27.0. The van der Waals surface area contributed by atoms with Gasteiger partial charge in [-0.3, -0.25) is 9.93 Å². The van der Waals surface area contributed by atoms with Gasteiger partial charge in [0.05, 0.1) is 16.8 Å². The Hall–Kier alpha value is -2.14. The molecule has 0 fully saturated rings. The van der Waals surface area contributed by atoms with E-state index in [1.165, 1.54) is 76.8 Å². The predicted molar refractivity (Wildman–Crippen MR) is 153 cm³/mol. The molecule has 0 saturated heterocycles. The summed E-state index contributed by atoms with van der Waals surface area (Å²) >= 11 is 2.71. The Morgan fingerprint density at radius 3 is 2.24 bits per heavy atom. The van der Waals surface area contributed by atoms with Crippen LogP contribution >= 0.6 is 23.3 Å². The van der Waals surface area contributed by atoms with Crippen molar-refractivity contribution >= 4 is 35.3 Å². The van der Waals surface area contributed by atoms with Gasteiger partial charge in [-0.2, -0.15) is 0 Å². The van der Waals surface area contributed by atoms with Crippen molar-refractivity contribution in [1.29, 1.82) is 0 Å². The van der Waals surface area contributed by atoms with Gasteiger partial charge < -0.3 is 20.5 Å². The van der Waals surface area contributed by atoms with Gasteiger partial charge in [0.1, 0.15) is 16.2 Å². The Morgan fingerprint density at radius 1 is 1.08 bits per heavy atom. The number of ether oxygens (including phenoxy) is 2. The van der Waals surface area contributed by atoms with E-state index < -0.39 is 17.3 Å². The zero-order valence-corrected chi connectivity index (χ0v) is 24.9. The second kappa shape index (κ2) is 13.3. The number of carbonyl (C=O) groups is 2. The molecule has 0 aliphatic heterocycles. The molecule has 0 radical (unpaired) electrons. The van der Waals surface area contributed by atoms with Crippen LogP contribution in [0.2, 0.25) is 0 Å². The minimum atomic E-state index is -0.480. The SMILES string of the molecule is CC(C)(C)OC(=O)NCCCOC(C)(C)c1ncc(SN)s1.NC(=O)Cc1c2c(cc3c1CCC3)CCC2. The lowest BCUT2D eigenvalue weighted by Crippen LogP contribution is -2.33. The topological polar surface area (TPSA) is 130 Å². The number of thiazole rings is 1. The number of benzene rings is 1. The number of rotatable bonds is 9. The number of nitrogens with zero attached hydrogens (tertiary/aromatic N) is 1. The molecule has 2 aliphatic rings. The number of alkyl carbamates (subject to hydrolysis) is 1. The number of aryl methyl sites for hydroxylation is 2. The molecule has 2 aliphatic carbocycles. The van der Waals surface area contributed by atoms with Crippen LogP contribution in [0.5, 0.6) is 0 Å². The third kappa shape index (κ3) is 8.69. The van der Waals surface area contributed by atoms with Gasteiger partial charge in [-0.15, -0.1) is 11.3 Å². The van der Waals surface area contributed by atoms with E-state index in [2.05, 4.69) is 16.4 Å². The molecule has 0 unspecified atom stereocenters. The van der Waals surface area contributed by atoms with Crippen LogP contribution in [-0.4, -0.2) is 35.7 Å². The average molecular weight is 563 g/mol. The smallest absolute Gasteiger partial charge is 0.407 e. The largest absolute Gasteiger partial charge is 0.444 e. The Labute approximate surface area is 234 Å². The van der Waals surface area contributed by atoms with E-state index >= 15 is 0 Å². The fraction of sp³-hybridized carbons (Fsp3) is 0.607. The molecule has 2 amide bonds. The van der Waals surface area contributed by atoms with E-state index in [0.717, 1.165) is 22.1 Å². The Balaban J connectivity index is 0.000000219. The highest BCUT2D eigenvalue weighted by Crippen LogP contribution is 2.35. The highest BCUT2D eigenvalue weighted by Gasteiger charge is 2.26. The molecule has 1 aromatic carbocycles. The van der Waals surface area contributed by atoms with Crippen molar-refractivity contribution in [2.75, 3.05) is 13.2 Å². The van der Waals surface area contributed by atoms with E-state index in [4.69, 9.17) is 20.3 Å². The van der Waals surface area contributed by atoms with E-state index in [-0.39, 0.29) is 5.91 Å². The van der Waals surface area contributed by atoms with Crippen LogP contribution in [0.15, 0.2) is 16.5 Å². The summed E-state index contributed by atoms with van der Waals surface area (Å²) in [6.07, 6.45) is 9.64. The van der Waals surface area contributed by atoms with Crippen molar-refractivity contribution in [2.24, 2.45) is 10.9 Å². The molecule has 0 bridgehead atoms. The van der Waals surface area contributed by atoms with Crippen molar-refractivity contribution in [1.82, 2.24) is 10.3 Å². The molecule has 4 rings (SSSR count). The average Bonchev–Trinajstić information content (AvgIpc) is 3.58. The monoisotopic (exact) mass is 562 g/mol. The standard InChI is InChI=1S/C14H25N3O3S2.C14H17NO/c1-13(2,3)20-12(18)16-7-6-8-19-14(4,5)11-17-9-10(21-11)22-15;15-14(16)8-13-11-5-1-3-9(11)7-10-4-2-6-12(10)13/h9H,6-8,15H2,1-5H3,(H,16,18);7H,1-6,8H2,(H2,15,16). The van der Waals surface area contributed by atoms with Crippen LogP contribution < -0.4 is 16.2 Å². The first-order valence-electron chi connectivity index (χ1n) is 13.3. The number of aromatic nitrogens is 1. The summed E-state index contributed by atoms with van der Waals surface area (Å²) in [5, 5.41) is 9.11. The molecular formula is C28H42N4O4S2. The molecule has 38 heavy (non-hydrogen) atoms. The molecule has 0 spiro atoms. The number of nitrogens with two attached hydrogens (primary N) is 2. The van der Waals surface area contributed by atoms with E-state index in [1.54, 1.807) is 6.20 Å².